The van der Waals surface area contributed by atoms with E-state index in [9.17, 15) is 9.59 Å². The first-order chi connectivity index (χ1) is 12.1. The number of amides is 2. The van der Waals surface area contributed by atoms with Gasteiger partial charge in [-0.1, -0.05) is 6.07 Å². The molecule has 0 aliphatic carbocycles. The highest BCUT2D eigenvalue weighted by Gasteiger charge is 2.09. The van der Waals surface area contributed by atoms with Gasteiger partial charge in [0.1, 0.15) is 5.82 Å². The van der Waals surface area contributed by atoms with Gasteiger partial charge in [-0.25, -0.2) is 0 Å². The lowest BCUT2D eigenvalue weighted by Crippen LogP contribution is -2.15. The zero-order valence-electron chi connectivity index (χ0n) is 14.2. The van der Waals surface area contributed by atoms with Gasteiger partial charge in [-0.15, -0.1) is 10.2 Å². The molecule has 0 spiro atoms. The van der Waals surface area contributed by atoms with Crippen molar-refractivity contribution >= 4 is 29.0 Å². The minimum Gasteiger partial charge on any atom is -0.385 e. The Kier molecular flexibility index (Phi) is 6.85. The van der Waals surface area contributed by atoms with Gasteiger partial charge in [0.05, 0.1) is 0 Å². The fourth-order valence-corrected chi connectivity index (χ4v) is 2.05. The molecule has 2 amide bonds. The Morgan fingerprint density at radius 1 is 1.08 bits per heavy atom. The second-order valence-corrected chi connectivity index (χ2v) is 5.29. The first-order valence-corrected chi connectivity index (χ1v) is 7.84. The molecule has 1 aromatic carbocycles. The van der Waals surface area contributed by atoms with Crippen molar-refractivity contribution in [1.82, 2.24) is 10.2 Å². The monoisotopic (exact) mass is 343 g/mol. The average molecular weight is 343 g/mol. The van der Waals surface area contributed by atoms with Crippen LogP contribution in [0, 0.1) is 0 Å². The lowest BCUT2D eigenvalue weighted by atomic mass is 10.2. The number of rotatable bonds is 8. The van der Waals surface area contributed by atoms with Gasteiger partial charge in [0.15, 0.2) is 5.69 Å². The summed E-state index contributed by atoms with van der Waals surface area (Å²) in [6.07, 6.45) is 0.852. The maximum Gasteiger partial charge on any atom is 0.276 e. The standard InChI is InChI=1S/C17H21N5O3/c1-12(23)19-13-5-3-6-14(11-13)20-17(24)15-7-8-16(22-21-15)18-9-4-10-25-2/h3,5-8,11H,4,9-10H2,1-2H3,(H,18,22)(H,19,23)(H,20,24). The first kappa shape index (κ1) is 18.3. The number of hydrogen-bond donors (Lipinski definition) is 3. The van der Waals surface area contributed by atoms with Crippen LogP contribution < -0.4 is 16.0 Å². The predicted octanol–water partition coefficient (Wildman–Crippen LogP) is 2.14. The van der Waals surface area contributed by atoms with Crippen molar-refractivity contribution in [1.29, 1.82) is 0 Å². The van der Waals surface area contributed by atoms with Crippen LogP contribution in [-0.4, -0.2) is 42.3 Å². The number of carbonyl (C=O) groups excluding carboxylic acids is 2. The minimum absolute atomic E-state index is 0.178. The van der Waals surface area contributed by atoms with Crippen LogP contribution in [-0.2, 0) is 9.53 Å². The molecule has 0 unspecified atom stereocenters. The van der Waals surface area contributed by atoms with Crippen molar-refractivity contribution in [3.05, 3.63) is 42.1 Å². The highest BCUT2D eigenvalue weighted by Crippen LogP contribution is 2.16. The van der Waals surface area contributed by atoms with Crippen molar-refractivity contribution in [2.75, 3.05) is 36.2 Å². The third kappa shape index (κ3) is 6.19. The largest absolute Gasteiger partial charge is 0.385 e. The highest BCUT2D eigenvalue weighted by atomic mass is 16.5. The fourth-order valence-electron chi connectivity index (χ4n) is 2.05. The molecule has 8 nitrogen and oxygen atoms in total. The van der Waals surface area contributed by atoms with Gasteiger partial charge in [0, 0.05) is 38.6 Å². The third-order valence-corrected chi connectivity index (χ3v) is 3.17. The number of benzene rings is 1. The Balaban J connectivity index is 1.93. The molecule has 0 radical (unpaired) electrons. The first-order valence-electron chi connectivity index (χ1n) is 7.84. The molecular formula is C17H21N5O3. The topological polar surface area (TPSA) is 105 Å². The van der Waals surface area contributed by atoms with Crippen LogP contribution in [0.25, 0.3) is 0 Å². The number of aromatic nitrogens is 2. The molecule has 3 N–H and O–H groups in total. The normalized spacial score (nSPS) is 10.2. The summed E-state index contributed by atoms with van der Waals surface area (Å²) in [6.45, 7) is 2.80. The predicted molar refractivity (Wildman–Crippen MR) is 95.7 cm³/mol. The quantitative estimate of drug-likeness (QED) is 0.634. The van der Waals surface area contributed by atoms with Gasteiger partial charge in [0.25, 0.3) is 5.91 Å². The lowest BCUT2D eigenvalue weighted by molar-refractivity contribution is -0.114. The molecule has 1 aromatic heterocycles. The van der Waals surface area contributed by atoms with Crippen LogP contribution in [0.15, 0.2) is 36.4 Å². The third-order valence-electron chi connectivity index (χ3n) is 3.17. The number of nitrogens with one attached hydrogen (secondary N) is 3. The molecule has 2 aromatic rings. The van der Waals surface area contributed by atoms with Crippen LogP contribution in [0.3, 0.4) is 0 Å². The van der Waals surface area contributed by atoms with E-state index in [0.29, 0.717) is 30.3 Å². The van der Waals surface area contributed by atoms with Gasteiger partial charge in [0.2, 0.25) is 5.91 Å². The van der Waals surface area contributed by atoms with Crippen molar-refractivity contribution in [3.63, 3.8) is 0 Å². The van der Waals surface area contributed by atoms with Gasteiger partial charge in [-0.05, 0) is 36.8 Å². The smallest absolute Gasteiger partial charge is 0.276 e. The van der Waals surface area contributed by atoms with E-state index < -0.39 is 0 Å². The Bertz CT molecular complexity index is 718. The number of nitrogens with zero attached hydrogens (tertiary/aromatic N) is 2. The summed E-state index contributed by atoms with van der Waals surface area (Å²) >= 11 is 0. The van der Waals surface area contributed by atoms with Crippen molar-refractivity contribution in [2.45, 2.75) is 13.3 Å². The Morgan fingerprint density at radius 3 is 2.48 bits per heavy atom. The van der Waals surface area contributed by atoms with Gasteiger partial charge in [-0.2, -0.15) is 0 Å². The van der Waals surface area contributed by atoms with E-state index in [1.807, 2.05) is 0 Å². The Labute approximate surface area is 146 Å². The molecule has 0 aliphatic rings. The van der Waals surface area contributed by atoms with Crippen LogP contribution in [0.4, 0.5) is 17.2 Å². The van der Waals surface area contributed by atoms with E-state index in [0.717, 1.165) is 6.42 Å². The van der Waals surface area contributed by atoms with E-state index in [-0.39, 0.29) is 17.5 Å². The second-order valence-electron chi connectivity index (χ2n) is 5.29. The molecule has 0 atom stereocenters. The van der Waals surface area contributed by atoms with Crippen LogP contribution in [0.5, 0.6) is 0 Å². The van der Waals surface area contributed by atoms with Crippen LogP contribution in [0.2, 0.25) is 0 Å². The minimum atomic E-state index is -0.376. The molecule has 2 rings (SSSR count). The van der Waals surface area contributed by atoms with Crippen molar-refractivity contribution < 1.29 is 14.3 Å². The van der Waals surface area contributed by atoms with E-state index in [1.165, 1.54) is 6.92 Å². The van der Waals surface area contributed by atoms with Gasteiger partial charge >= 0.3 is 0 Å². The lowest BCUT2D eigenvalue weighted by Gasteiger charge is -2.08. The molecule has 0 aliphatic heterocycles. The molecule has 8 heteroatoms. The maximum atomic E-state index is 12.2. The summed E-state index contributed by atoms with van der Waals surface area (Å²) in [5.74, 6) is 0.0432. The average Bonchev–Trinajstić information content (AvgIpc) is 2.59. The van der Waals surface area contributed by atoms with E-state index in [1.54, 1.807) is 43.5 Å². The van der Waals surface area contributed by atoms with Crippen LogP contribution in [0.1, 0.15) is 23.8 Å². The Hall–Kier alpha value is -3.00. The molecule has 0 fully saturated rings. The van der Waals surface area contributed by atoms with E-state index in [2.05, 4.69) is 26.1 Å². The van der Waals surface area contributed by atoms with E-state index in [4.69, 9.17) is 4.74 Å². The molecule has 1 heterocycles. The van der Waals surface area contributed by atoms with Gasteiger partial charge < -0.3 is 20.7 Å². The second kappa shape index (κ2) is 9.33. The summed E-state index contributed by atoms with van der Waals surface area (Å²) in [6, 6.07) is 10.2. The fraction of sp³-hybridized carbons (Fsp3) is 0.294. The SMILES string of the molecule is COCCCNc1ccc(C(=O)Nc2cccc(NC(C)=O)c2)nn1. The number of carbonyl (C=O) groups is 2. The molecule has 132 valence electrons. The molecule has 0 bridgehead atoms. The molecule has 0 saturated heterocycles. The molecule has 0 saturated carbocycles. The zero-order valence-corrected chi connectivity index (χ0v) is 14.2. The molecular weight excluding hydrogens is 322 g/mol. The Morgan fingerprint density at radius 2 is 1.84 bits per heavy atom. The number of anilines is 3. The summed E-state index contributed by atoms with van der Waals surface area (Å²) < 4.78 is 4.96. The summed E-state index contributed by atoms with van der Waals surface area (Å²) in [5, 5.41) is 16.4. The number of ether oxygens (including phenoxy) is 1. The summed E-state index contributed by atoms with van der Waals surface area (Å²) in [4.78, 5) is 23.3. The van der Waals surface area contributed by atoms with Gasteiger partial charge in [-0.3, -0.25) is 9.59 Å². The van der Waals surface area contributed by atoms with E-state index >= 15 is 0 Å². The highest BCUT2D eigenvalue weighted by molar-refractivity contribution is 6.03. The number of methoxy groups -OCH3 is 1. The molecule has 25 heavy (non-hydrogen) atoms. The maximum absolute atomic E-state index is 12.2. The van der Waals surface area contributed by atoms with Crippen molar-refractivity contribution in [2.24, 2.45) is 0 Å². The number of hydrogen-bond acceptors (Lipinski definition) is 6. The zero-order chi connectivity index (χ0) is 18.1. The summed E-state index contributed by atoms with van der Waals surface area (Å²) in [7, 11) is 1.65. The van der Waals surface area contributed by atoms with Crippen LogP contribution >= 0.6 is 0 Å². The summed E-state index contributed by atoms with van der Waals surface area (Å²) in [5.41, 5.74) is 1.36. The van der Waals surface area contributed by atoms with Crippen molar-refractivity contribution in [3.8, 4) is 0 Å².